The second-order valence-corrected chi connectivity index (χ2v) is 3.64. The lowest BCUT2D eigenvalue weighted by atomic mass is 10.1. The van der Waals surface area contributed by atoms with Crippen molar-refractivity contribution in [2.24, 2.45) is 0 Å². The first-order chi connectivity index (χ1) is 6.31. The molecule has 0 bridgehead atoms. The molecule has 0 fully saturated rings. The van der Waals surface area contributed by atoms with Gasteiger partial charge in [0.1, 0.15) is 0 Å². The average Bonchev–Trinajstić information content (AvgIpc) is 2.17. The van der Waals surface area contributed by atoms with Gasteiger partial charge in [0.25, 0.3) is 0 Å². The highest BCUT2D eigenvalue weighted by Gasteiger charge is 2.00. The Morgan fingerprint density at radius 2 is 2.08 bits per heavy atom. The van der Waals surface area contributed by atoms with Crippen LogP contribution in [0.1, 0.15) is 11.3 Å². The zero-order chi connectivity index (χ0) is 9.26. The van der Waals surface area contributed by atoms with Gasteiger partial charge in [0.05, 0.1) is 11.2 Å². The lowest BCUT2D eigenvalue weighted by molar-refractivity contribution is 1.18. The summed E-state index contributed by atoms with van der Waals surface area (Å²) in [5.74, 6) is 0. The molecule has 0 N–H and O–H groups in total. The fraction of sp³-hybridized carbons (Fsp3) is 0.182. The van der Waals surface area contributed by atoms with E-state index in [-0.39, 0.29) is 0 Å². The molecule has 2 aromatic rings. The Morgan fingerprint density at radius 1 is 1.31 bits per heavy atom. The molecule has 0 saturated carbocycles. The molecule has 1 aromatic heterocycles. The molecule has 1 heterocycles. The van der Waals surface area contributed by atoms with E-state index in [4.69, 9.17) is 0 Å². The molecule has 0 aliphatic carbocycles. The number of alkyl halides is 1. The number of hydrogen-bond acceptors (Lipinski definition) is 1. The highest BCUT2D eigenvalue weighted by molar-refractivity contribution is 9.08. The first-order valence-electron chi connectivity index (χ1n) is 4.22. The molecule has 0 amide bonds. The van der Waals surface area contributed by atoms with E-state index in [1.165, 1.54) is 10.9 Å². The Kier molecular flexibility index (Phi) is 2.32. The number of aromatic nitrogens is 1. The van der Waals surface area contributed by atoms with Crippen LogP contribution in [0.5, 0.6) is 0 Å². The molecule has 2 heteroatoms. The monoisotopic (exact) mass is 235 g/mol. The van der Waals surface area contributed by atoms with Crippen molar-refractivity contribution in [2.75, 3.05) is 0 Å². The molecule has 0 aliphatic heterocycles. The molecule has 0 saturated heterocycles. The Labute approximate surface area is 85.9 Å². The zero-order valence-corrected chi connectivity index (χ0v) is 9.01. The van der Waals surface area contributed by atoms with Crippen LogP contribution < -0.4 is 0 Å². The van der Waals surface area contributed by atoms with Crippen molar-refractivity contribution in [1.82, 2.24) is 4.98 Å². The van der Waals surface area contributed by atoms with Gasteiger partial charge >= 0.3 is 0 Å². The highest BCUT2D eigenvalue weighted by atomic mass is 79.9. The zero-order valence-electron chi connectivity index (χ0n) is 7.42. The number of aryl methyl sites for hydroxylation is 1. The highest BCUT2D eigenvalue weighted by Crippen LogP contribution is 2.17. The molecule has 0 unspecified atom stereocenters. The quantitative estimate of drug-likeness (QED) is 0.691. The van der Waals surface area contributed by atoms with Crippen molar-refractivity contribution in [1.29, 1.82) is 0 Å². The second kappa shape index (κ2) is 3.46. The Balaban J connectivity index is 2.74. The Bertz CT molecular complexity index is 437. The van der Waals surface area contributed by atoms with Crippen LogP contribution in [0, 0.1) is 6.92 Å². The third kappa shape index (κ3) is 1.59. The molecule has 1 aromatic carbocycles. The molecular formula is C11H10BrN. The van der Waals surface area contributed by atoms with Gasteiger partial charge in [-0.2, -0.15) is 0 Å². The van der Waals surface area contributed by atoms with Crippen molar-refractivity contribution < 1.29 is 0 Å². The molecule has 0 aliphatic rings. The number of pyridine rings is 1. The van der Waals surface area contributed by atoms with Crippen LogP contribution in [-0.2, 0) is 5.33 Å². The summed E-state index contributed by atoms with van der Waals surface area (Å²) in [6.07, 6.45) is 0. The summed E-state index contributed by atoms with van der Waals surface area (Å²) < 4.78 is 0. The number of nitrogens with zero attached hydrogens (tertiary/aromatic N) is 1. The first-order valence-corrected chi connectivity index (χ1v) is 5.34. The van der Waals surface area contributed by atoms with Gasteiger partial charge in [-0.25, -0.2) is 0 Å². The number of benzene rings is 1. The number of rotatable bonds is 1. The van der Waals surface area contributed by atoms with E-state index < -0.39 is 0 Å². The first kappa shape index (κ1) is 8.70. The van der Waals surface area contributed by atoms with Crippen LogP contribution in [0.15, 0.2) is 30.3 Å². The Hall–Kier alpha value is -0.890. The lowest BCUT2D eigenvalue weighted by Crippen LogP contribution is -1.90. The standard InChI is InChI=1S/C11H10BrN/c1-8-6-9-4-2-3-5-10(9)13-11(8)7-12/h2-6H,7H2,1H3. The van der Waals surface area contributed by atoms with Crippen LogP contribution in [0.25, 0.3) is 10.9 Å². The van der Waals surface area contributed by atoms with Crippen LogP contribution in [-0.4, -0.2) is 4.98 Å². The number of para-hydroxylation sites is 1. The summed E-state index contributed by atoms with van der Waals surface area (Å²) in [7, 11) is 0. The van der Waals surface area contributed by atoms with E-state index in [9.17, 15) is 0 Å². The summed E-state index contributed by atoms with van der Waals surface area (Å²) in [6.45, 7) is 2.09. The molecule has 0 atom stereocenters. The van der Waals surface area contributed by atoms with E-state index >= 15 is 0 Å². The van der Waals surface area contributed by atoms with Crippen molar-refractivity contribution in [2.45, 2.75) is 12.3 Å². The fourth-order valence-electron chi connectivity index (χ4n) is 1.40. The predicted molar refractivity (Wildman–Crippen MR) is 59.1 cm³/mol. The molecular weight excluding hydrogens is 226 g/mol. The van der Waals surface area contributed by atoms with Gasteiger partial charge in [0, 0.05) is 10.7 Å². The van der Waals surface area contributed by atoms with Crippen LogP contribution in [0.3, 0.4) is 0 Å². The van der Waals surface area contributed by atoms with Gasteiger partial charge in [-0.15, -0.1) is 0 Å². The van der Waals surface area contributed by atoms with E-state index in [2.05, 4.69) is 40.0 Å². The molecule has 66 valence electrons. The molecule has 0 spiro atoms. The largest absolute Gasteiger partial charge is 0.252 e. The summed E-state index contributed by atoms with van der Waals surface area (Å²) in [6, 6.07) is 10.4. The maximum atomic E-state index is 4.55. The van der Waals surface area contributed by atoms with E-state index in [1.54, 1.807) is 0 Å². The summed E-state index contributed by atoms with van der Waals surface area (Å²) >= 11 is 3.43. The lowest BCUT2D eigenvalue weighted by Gasteiger charge is -2.03. The van der Waals surface area contributed by atoms with E-state index in [0.717, 1.165) is 16.5 Å². The third-order valence-corrected chi connectivity index (χ3v) is 2.68. The minimum atomic E-state index is 0.823. The topological polar surface area (TPSA) is 12.9 Å². The maximum absolute atomic E-state index is 4.55. The average molecular weight is 236 g/mol. The van der Waals surface area contributed by atoms with Gasteiger partial charge in [-0.05, 0) is 24.6 Å². The van der Waals surface area contributed by atoms with Crippen LogP contribution >= 0.6 is 15.9 Å². The smallest absolute Gasteiger partial charge is 0.0705 e. The minimum Gasteiger partial charge on any atom is -0.252 e. The Morgan fingerprint density at radius 3 is 2.85 bits per heavy atom. The second-order valence-electron chi connectivity index (χ2n) is 3.08. The summed E-state index contributed by atoms with van der Waals surface area (Å²) in [5, 5.41) is 2.04. The van der Waals surface area contributed by atoms with Crippen molar-refractivity contribution >= 4 is 26.8 Å². The van der Waals surface area contributed by atoms with Crippen molar-refractivity contribution in [3.63, 3.8) is 0 Å². The minimum absolute atomic E-state index is 0.823. The fourth-order valence-corrected chi connectivity index (χ4v) is 1.96. The molecule has 1 nitrogen and oxygen atoms in total. The number of hydrogen-bond donors (Lipinski definition) is 0. The summed E-state index contributed by atoms with van der Waals surface area (Å²) in [4.78, 5) is 4.55. The maximum Gasteiger partial charge on any atom is 0.0705 e. The number of halogens is 1. The van der Waals surface area contributed by atoms with Gasteiger partial charge in [-0.3, -0.25) is 4.98 Å². The normalized spacial score (nSPS) is 10.6. The molecule has 2 rings (SSSR count). The SMILES string of the molecule is Cc1cc2ccccc2nc1CBr. The van der Waals surface area contributed by atoms with Crippen molar-refractivity contribution in [3.8, 4) is 0 Å². The predicted octanol–water partition coefficient (Wildman–Crippen LogP) is 3.44. The van der Waals surface area contributed by atoms with Crippen LogP contribution in [0.2, 0.25) is 0 Å². The molecule has 0 radical (unpaired) electrons. The van der Waals surface area contributed by atoms with Gasteiger partial charge in [0.2, 0.25) is 0 Å². The van der Waals surface area contributed by atoms with Gasteiger partial charge in [-0.1, -0.05) is 34.1 Å². The van der Waals surface area contributed by atoms with Gasteiger partial charge in [0.15, 0.2) is 0 Å². The van der Waals surface area contributed by atoms with E-state index in [1.807, 2.05) is 18.2 Å². The van der Waals surface area contributed by atoms with Crippen molar-refractivity contribution in [3.05, 3.63) is 41.6 Å². The molecule has 13 heavy (non-hydrogen) atoms. The van der Waals surface area contributed by atoms with E-state index in [0.29, 0.717) is 0 Å². The van der Waals surface area contributed by atoms with Gasteiger partial charge < -0.3 is 0 Å². The van der Waals surface area contributed by atoms with Crippen LogP contribution in [0.4, 0.5) is 0 Å². The summed E-state index contributed by atoms with van der Waals surface area (Å²) in [5.41, 5.74) is 3.44. The number of fused-ring (bicyclic) bond motifs is 1. The third-order valence-electron chi connectivity index (χ3n) is 2.15.